The zero-order chi connectivity index (χ0) is 24.6. The maximum atomic E-state index is 14.1. The molecule has 0 bridgehead atoms. The molecule has 1 aliphatic rings. The minimum atomic E-state index is -0.607. The van der Waals surface area contributed by atoms with Crippen LogP contribution in [0.15, 0.2) is 30.5 Å². The first-order valence-electron chi connectivity index (χ1n) is 10.8. The summed E-state index contributed by atoms with van der Waals surface area (Å²) in [7, 11) is 1.45. The molecule has 1 N–H and O–H groups in total. The Bertz CT molecular complexity index is 1240. The van der Waals surface area contributed by atoms with Crippen molar-refractivity contribution in [3.63, 3.8) is 0 Å². The van der Waals surface area contributed by atoms with Crippen molar-refractivity contribution in [2.24, 2.45) is 0 Å². The second-order valence-electron chi connectivity index (χ2n) is 8.96. The van der Waals surface area contributed by atoms with Crippen LogP contribution in [0.4, 0.5) is 20.7 Å². The topological polar surface area (TPSA) is 114 Å². The molecule has 11 heteroatoms. The number of methoxy groups -OCH3 is 1. The Kier molecular flexibility index (Phi) is 6.03. The molecule has 0 spiro atoms. The molecule has 1 fully saturated rings. The number of nitrogens with one attached hydrogen (secondary N) is 1. The molecule has 0 aliphatic carbocycles. The Labute approximate surface area is 195 Å². The molecule has 0 atom stereocenters. The van der Waals surface area contributed by atoms with Crippen LogP contribution in [0, 0.1) is 15.9 Å². The number of carbonyl (C=O) groups excluding carboxylic acids is 1. The van der Waals surface area contributed by atoms with Gasteiger partial charge in [0, 0.05) is 43.5 Å². The Morgan fingerprint density at radius 3 is 2.50 bits per heavy atom. The number of benzene rings is 1. The Balaban J connectivity index is 1.72. The van der Waals surface area contributed by atoms with E-state index in [1.54, 1.807) is 31.7 Å². The number of hydrogen-bond acceptors (Lipinski definition) is 7. The molecule has 10 nitrogen and oxygen atoms in total. The van der Waals surface area contributed by atoms with Crippen molar-refractivity contribution in [3.8, 4) is 16.9 Å². The molecular weight excluding hydrogens is 445 g/mol. The second kappa shape index (κ2) is 8.81. The number of rotatable bonds is 4. The maximum Gasteiger partial charge on any atom is 0.410 e. The molecule has 3 heterocycles. The van der Waals surface area contributed by atoms with Gasteiger partial charge in [-0.2, -0.15) is 0 Å². The van der Waals surface area contributed by atoms with E-state index in [9.17, 15) is 19.3 Å². The minimum Gasteiger partial charge on any atom is -0.496 e. The molecular formula is C23H26FN5O5. The first kappa shape index (κ1) is 23.3. The van der Waals surface area contributed by atoms with Crippen LogP contribution in [0.1, 0.15) is 20.8 Å². The number of carbonyl (C=O) groups is 1. The van der Waals surface area contributed by atoms with E-state index >= 15 is 0 Å². The zero-order valence-electron chi connectivity index (χ0n) is 19.4. The number of anilines is 1. The molecule has 34 heavy (non-hydrogen) atoms. The van der Waals surface area contributed by atoms with Crippen molar-refractivity contribution in [1.29, 1.82) is 0 Å². The Morgan fingerprint density at radius 1 is 1.18 bits per heavy atom. The summed E-state index contributed by atoms with van der Waals surface area (Å²) >= 11 is 0. The van der Waals surface area contributed by atoms with Crippen LogP contribution >= 0.6 is 0 Å². The van der Waals surface area contributed by atoms with Crippen LogP contribution in [0.2, 0.25) is 0 Å². The van der Waals surface area contributed by atoms with Crippen molar-refractivity contribution in [2.45, 2.75) is 26.4 Å². The third-order valence-electron chi connectivity index (χ3n) is 5.53. The summed E-state index contributed by atoms with van der Waals surface area (Å²) in [6.45, 7) is 6.82. The van der Waals surface area contributed by atoms with Crippen molar-refractivity contribution in [1.82, 2.24) is 14.9 Å². The SMILES string of the molecule is COc1ccc(F)cc1-c1ccnc2[nH]c(N3CCN(C(=O)OC(C)(C)C)CC3)c([N+](=O)[O-])c12. The fourth-order valence-corrected chi connectivity index (χ4v) is 4.05. The van der Waals surface area contributed by atoms with E-state index in [1.165, 1.54) is 31.5 Å². The van der Waals surface area contributed by atoms with Crippen LogP contribution in [0.25, 0.3) is 22.2 Å². The first-order valence-corrected chi connectivity index (χ1v) is 10.8. The summed E-state index contributed by atoms with van der Waals surface area (Å²) in [5.41, 5.74) is 0.362. The fraction of sp³-hybridized carbons (Fsp3) is 0.391. The van der Waals surface area contributed by atoms with Gasteiger partial charge in [-0.05, 0) is 45.0 Å². The molecule has 0 unspecified atom stereocenters. The lowest BCUT2D eigenvalue weighted by Crippen LogP contribution is -2.50. The summed E-state index contributed by atoms with van der Waals surface area (Å²) in [5.74, 6) is 0.188. The van der Waals surface area contributed by atoms with Gasteiger partial charge in [0.25, 0.3) is 0 Å². The second-order valence-corrected chi connectivity index (χ2v) is 8.96. The number of nitro groups is 1. The number of amides is 1. The lowest BCUT2D eigenvalue weighted by atomic mass is 10.0. The quantitative estimate of drug-likeness (QED) is 0.445. The molecule has 0 radical (unpaired) electrons. The maximum absolute atomic E-state index is 14.1. The van der Waals surface area contributed by atoms with Gasteiger partial charge in [-0.25, -0.2) is 14.2 Å². The predicted octanol–water partition coefficient (Wildman–Crippen LogP) is 4.34. The van der Waals surface area contributed by atoms with E-state index in [4.69, 9.17) is 9.47 Å². The van der Waals surface area contributed by atoms with Crippen LogP contribution < -0.4 is 9.64 Å². The van der Waals surface area contributed by atoms with E-state index in [0.717, 1.165) is 0 Å². The third kappa shape index (κ3) is 4.45. The van der Waals surface area contributed by atoms with Gasteiger partial charge < -0.3 is 24.3 Å². The molecule has 1 amide bonds. The number of H-pyrrole nitrogens is 1. The summed E-state index contributed by atoms with van der Waals surface area (Å²) in [6, 6.07) is 5.63. The highest BCUT2D eigenvalue weighted by molar-refractivity contribution is 6.05. The summed E-state index contributed by atoms with van der Waals surface area (Å²) in [6.07, 6.45) is 1.09. The highest BCUT2D eigenvalue weighted by Gasteiger charge is 2.33. The molecule has 4 rings (SSSR count). The van der Waals surface area contributed by atoms with E-state index in [-0.39, 0.29) is 11.1 Å². The van der Waals surface area contributed by atoms with E-state index < -0.39 is 22.4 Å². The van der Waals surface area contributed by atoms with E-state index in [2.05, 4.69) is 9.97 Å². The van der Waals surface area contributed by atoms with Gasteiger partial charge in [0.2, 0.25) is 0 Å². The number of aromatic amines is 1. The zero-order valence-corrected chi connectivity index (χ0v) is 19.4. The molecule has 1 aliphatic heterocycles. The third-order valence-corrected chi connectivity index (χ3v) is 5.53. The lowest BCUT2D eigenvalue weighted by Gasteiger charge is -2.35. The van der Waals surface area contributed by atoms with Crippen LogP contribution in [0.5, 0.6) is 5.75 Å². The normalized spacial score (nSPS) is 14.4. The number of nitrogens with zero attached hydrogens (tertiary/aromatic N) is 4. The van der Waals surface area contributed by atoms with E-state index in [1.807, 2.05) is 4.90 Å². The van der Waals surface area contributed by atoms with Gasteiger partial charge in [-0.15, -0.1) is 0 Å². The number of pyridine rings is 1. The summed E-state index contributed by atoms with van der Waals surface area (Å²) < 4.78 is 24.9. The lowest BCUT2D eigenvalue weighted by molar-refractivity contribution is -0.382. The minimum absolute atomic E-state index is 0.157. The number of fused-ring (bicyclic) bond motifs is 1. The number of aromatic nitrogens is 2. The fourth-order valence-electron chi connectivity index (χ4n) is 4.05. The number of halogens is 1. The highest BCUT2D eigenvalue weighted by atomic mass is 19.1. The van der Waals surface area contributed by atoms with Crippen molar-refractivity contribution in [2.75, 3.05) is 38.2 Å². The van der Waals surface area contributed by atoms with Crippen LogP contribution in [-0.2, 0) is 4.74 Å². The van der Waals surface area contributed by atoms with Gasteiger partial charge in [0.05, 0.1) is 12.0 Å². The summed E-state index contributed by atoms with van der Waals surface area (Å²) in [4.78, 5) is 34.9. The van der Waals surface area contributed by atoms with Gasteiger partial charge in [-0.3, -0.25) is 10.1 Å². The molecule has 180 valence electrons. The van der Waals surface area contributed by atoms with Crippen molar-refractivity contribution < 1.29 is 23.6 Å². The predicted molar refractivity (Wildman–Crippen MR) is 125 cm³/mol. The number of hydrogen-bond donors (Lipinski definition) is 1. The highest BCUT2D eigenvalue weighted by Crippen LogP contribution is 2.43. The summed E-state index contributed by atoms with van der Waals surface area (Å²) in [5, 5.41) is 12.5. The molecule has 1 aromatic carbocycles. The van der Waals surface area contributed by atoms with Crippen molar-refractivity contribution in [3.05, 3.63) is 46.4 Å². The van der Waals surface area contributed by atoms with Crippen LogP contribution in [0.3, 0.4) is 0 Å². The van der Waals surface area contributed by atoms with Crippen LogP contribution in [-0.4, -0.2) is 64.8 Å². The molecule has 2 aromatic heterocycles. The first-order chi connectivity index (χ1) is 16.1. The molecule has 3 aromatic rings. The standard InChI is InChI=1S/C23H26FN5O5/c1-23(2,3)34-22(30)28-11-9-27(10-12-28)21-19(29(31)32)18-15(7-8-25-20(18)26-21)16-13-14(24)5-6-17(16)33-4/h5-8,13H,9-12H2,1-4H3,(H,25,26). The Hall–Kier alpha value is -3.89. The average Bonchev–Trinajstić information content (AvgIpc) is 3.18. The number of piperazine rings is 1. The van der Waals surface area contributed by atoms with Gasteiger partial charge >= 0.3 is 11.8 Å². The average molecular weight is 471 g/mol. The molecule has 0 saturated carbocycles. The monoisotopic (exact) mass is 471 g/mol. The van der Waals surface area contributed by atoms with Gasteiger partial charge in [-0.1, -0.05) is 0 Å². The smallest absolute Gasteiger partial charge is 0.410 e. The van der Waals surface area contributed by atoms with E-state index in [0.29, 0.717) is 54.5 Å². The largest absolute Gasteiger partial charge is 0.496 e. The van der Waals surface area contributed by atoms with Crippen molar-refractivity contribution >= 4 is 28.6 Å². The Morgan fingerprint density at radius 2 is 1.88 bits per heavy atom. The number of ether oxygens (including phenoxy) is 2. The van der Waals surface area contributed by atoms with Gasteiger partial charge in [0.15, 0.2) is 5.82 Å². The molecule has 1 saturated heterocycles. The van der Waals surface area contributed by atoms with Gasteiger partial charge in [0.1, 0.15) is 28.2 Å².